The zero-order valence-electron chi connectivity index (χ0n) is 10.1. The van der Waals surface area contributed by atoms with E-state index in [0.717, 1.165) is 6.07 Å². The largest absolute Gasteiger partial charge is 0.254 e. The second kappa shape index (κ2) is 6.36. The van der Waals surface area contributed by atoms with Gasteiger partial charge in [0.25, 0.3) is 0 Å². The number of nitriles is 1. The third kappa shape index (κ3) is 3.18. The molecule has 0 aliphatic heterocycles. The van der Waals surface area contributed by atoms with Crippen LogP contribution in [0.1, 0.15) is 11.1 Å². The molecule has 1 unspecified atom stereocenters. The van der Waals surface area contributed by atoms with Crippen LogP contribution >= 0.6 is 23.2 Å². The minimum Gasteiger partial charge on any atom is -0.254 e. The van der Waals surface area contributed by atoms with E-state index >= 15 is 0 Å². The van der Waals surface area contributed by atoms with Gasteiger partial charge in [0.05, 0.1) is 43.1 Å². The van der Waals surface area contributed by atoms with Crippen LogP contribution in [0.25, 0.3) is 0 Å². The second-order valence-corrected chi connectivity index (χ2v) is 6.16. The molecule has 0 amide bonds. The molecule has 0 spiro atoms. The van der Waals surface area contributed by atoms with Crippen molar-refractivity contribution in [1.82, 2.24) is 0 Å². The molecule has 2 rings (SSSR count). The van der Waals surface area contributed by atoms with Crippen molar-refractivity contribution in [2.45, 2.75) is 10.6 Å². The molecule has 0 heterocycles. The maximum atomic E-state index is 13.8. The Labute approximate surface area is 128 Å². The van der Waals surface area contributed by atoms with Crippen molar-refractivity contribution in [3.05, 3.63) is 63.4 Å². The van der Waals surface area contributed by atoms with Crippen molar-refractivity contribution in [2.24, 2.45) is 0 Å². The van der Waals surface area contributed by atoms with Gasteiger partial charge in [0, 0.05) is 5.56 Å². The van der Waals surface area contributed by atoms with Crippen LogP contribution in [-0.4, -0.2) is 4.21 Å². The van der Waals surface area contributed by atoms with Crippen LogP contribution in [0.5, 0.6) is 0 Å². The van der Waals surface area contributed by atoms with Crippen molar-refractivity contribution >= 4 is 34.0 Å². The SMILES string of the molecule is N#Cc1ccc(CS(=O)c2c(Cl)cccc2Cl)c(F)c1. The van der Waals surface area contributed by atoms with Gasteiger partial charge in [-0.15, -0.1) is 0 Å². The molecular weight excluding hydrogens is 320 g/mol. The molecule has 2 aromatic rings. The Morgan fingerprint density at radius 1 is 1.20 bits per heavy atom. The third-order valence-corrected chi connectivity index (χ3v) is 4.94. The zero-order chi connectivity index (χ0) is 14.7. The van der Waals surface area contributed by atoms with E-state index in [9.17, 15) is 8.60 Å². The number of nitrogens with zero attached hydrogens (tertiary/aromatic N) is 1. The third-order valence-electron chi connectivity index (χ3n) is 2.62. The summed E-state index contributed by atoms with van der Waals surface area (Å²) in [5.74, 6) is -0.623. The Hall–Kier alpha value is -1.41. The monoisotopic (exact) mass is 327 g/mol. The van der Waals surface area contributed by atoms with Crippen LogP contribution in [0, 0.1) is 17.1 Å². The highest BCUT2D eigenvalue weighted by Gasteiger charge is 2.15. The van der Waals surface area contributed by atoms with Gasteiger partial charge < -0.3 is 0 Å². The summed E-state index contributed by atoms with van der Waals surface area (Å²) in [5.41, 5.74) is 0.464. The van der Waals surface area contributed by atoms with Gasteiger partial charge in [-0.05, 0) is 24.3 Å². The van der Waals surface area contributed by atoms with Gasteiger partial charge in [-0.25, -0.2) is 4.39 Å². The minimum absolute atomic E-state index is 0.0546. The lowest BCUT2D eigenvalue weighted by atomic mass is 10.1. The van der Waals surface area contributed by atoms with Crippen molar-refractivity contribution in [1.29, 1.82) is 5.26 Å². The summed E-state index contributed by atoms with van der Waals surface area (Å²) in [6, 6.07) is 10.7. The van der Waals surface area contributed by atoms with Crippen LogP contribution in [0.15, 0.2) is 41.3 Å². The first kappa shape index (κ1) is 15.0. The molecule has 0 saturated carbocycles. The predicted molar refractivity (Wildman–Crippen MR) is 77.7 cm³/mol. The van der Waals surface area contributed by atoms with Gasteiger partial charge in [0.2, 0.25) is 0 Å². The second-order valence-electron chi connectivity index (χ2n) is 3.96. The lowest BCUT2D eigenvalue weighted by Gasteiger charge is -2.08. The highest BCUT2D eigenvalue weighted by atomic mass is 35.5. The van der Waals surface area contributed by atoms with Crippen LogP contribution in [0.4, 0.5) is 4.39 Å². The highest BCUT2D eigenvalue weighted by molar-refractivity contribution is 7.84. The molecule has 20 heavy (non-hydrogen) atoms. The molecule has 0 aliphatic carbocycles. The summed E-state index contributed by atoms with van der Waals surface area (Å²) >= 11 is 11.9. The van der Waals surface area contributed by atoms with E-state index in [1.165, 1.54) is 12.1 Å². The number of benzene rings is 2. The maximum Gasteiger partial charge on any atom is 0.128 e. The van der Waals surface area contributed by atoms with Crippen molar-refractivity contribution < 1.29 is 8.60 Å². The Bertz CT molecular complexity index is 707. The van der Waals surface area contributed by atoms with E-state index in [0.29, 0.717) is 4.90 Å². The predicted octanol–water partition coefficient (Wildman–Crippen LogP) is 4.31. The summed E-state index contributed by atoms with van der Waals surface area (Å²) in [6.07, 6.45) is 0. The number of hydrogen-bond donors (Lipinski definition) is 0. The molecule has 0 aliphatic rings. The van der Waals surface area contributed by atoms with Crippen LogP contribution < -0.4 is 0 Å². The highest BCUT2D eigenvalue weighted by Crippen LogP contribution is 2.29. The molecule has 0 radical (unpaired) electrons. The van der Waals surface area contributed by atoms with Crippen molar-refractivity contribution in [3.8, 4) is 6.07 Å². The topological polar surface area (TPSA) is 40.9 Å². The summed E-state index contributed by atoms with van der Waals surface area (Å²) in [4.78, 5) is 0.291. The summed E-state index contributed by atoms with van der Waals surface area (Å²) in [5, 5.41) is 9.24. The lowest BCUT2D eigenvalue weighted by Crippen LogP contribution is -2.01. The molecule has 0 bridgehead atoms. The molecule has 0 N–H and O–H groups in total. The standard InChI is InChI=1S/C14H8Cl2FNOS/c15-11-2-1-3-12(16)14(11)20(19)8-10-5-4-9(7-18)6-13(10)17/h1-6H,8H2. The van der Waals surface area contributed by atoms with Crippen LogP contribution in [-0.2, 0) is 16.6 Å². The van der Waals surface area contributed by atoms with E-state index in [4.69, 9.17) is 28.5 Å². The van der Waals surface area contributed by atoms with E-state index in [2.05, 4.69) is 0 Å². The molecule has 102 valence electrons. The first-order valence-electron chi connectivity index (χ1n) is 5.54. The molecule has 0 aromatic heterocycles. The normalized spacial score (nSPS) is 11.9. The molecule has 6 heteroatoms. The fourth-order valence-electron chi connectivity index (χ4n) is 1.65. The lowest BCUT2D eigenvalue weighted by molar-refractivity contribution is 0.614. The van der Waals surface area contributed by atoms with Gasteiger partial charge in [0.1, 0.15) is 5.82 Å². The smallest absolute Gasteiger partial charge is 0.128 e. The Balaban J connectivity index is 2.31. The van der Waals surface area contributed by atoms with Crippen LogP contribution in [0.2, 0.25) is 10.0 Å². The number of halogens is 3. The Kier molecular flexibility index (Phi) is 4.77. The Morgan fingerprint density at radius 3 is 2.40 bits per heavy atom. The van der Waals surface area contributed by atoms with Gasteiger partial charge in [-0.2, -0.15) is 5.26 Å². The summed E-state index contributed by atoms with van der Waals surface area (Å²) < 4.78 is 26.0. The number of rotatable bonds is 3. The minimum atomic E-state index is -1.56. The molecule has 2 nitrogen and oxygen atoms in total. The fourth-order valence-corrected chi connectivity index (χ4v) is 3.79. The van der Waals surface area contributed by atoms with Crippen molar-refractivity contribution in [2.75, 3.05) is 0 Å². The van der Waals surface area contributed by atoms with Gasteiger partial charge in [0.15, 0.2) is 0 Å². The molecular formula is C14H8Cl2FNOS. The fraction of sp³-hybridized carbons (Fsp3) is 0.0714. The average molecular weight is 328 g/mol. The van der Waals surface area contributed by atoms with E-state index < -0.39 is 16.6 Å². The van der Waals surface area contributed by atoms with Crippen LogP contribution in [0.3, 0.4) is 0 Å². The first-order chi connectivity index (χ1) is 9.52. The van der Waals surface area contributed by atoms with E-state index in [1.807, 2.05) is 6.07 Å². The maximum absolute atomic E-state index is 13.8. The van der Waals surface area contributed by atoms with E-state index in [1.54, 1.807) is 18.2 Å². The molecule has 0 fully saturated rings. The van der Waals surface area contributed by atoms with Crippen molar-refractivity contribution in [3.63, 3.8) is 0 Å². The van der Waals surface area contributed by atoms with Gasteiger partial charge in [-0.3, -0.25) is 4.21 Å². The first-order valence-corrected chi connectivity index (χ1v) is 7.61. The number of hydrogen-bond acceptors (Lipinski definition) is 2. The quantitative estimate of drug-likeness (QED) is 0.842. The molecule has 1 atom stereocenters. The molecule has 0 saturated heterocycles. The summed E-state index contributed by atoms with van der Waals surface area (Å²) in [6.45, 7) is 0. The average Bonchev–Trinajstić information content (AvgIpc) is 2.41. The van der Waals surface area contributed by atoms with Gasteiger partial charge in [-0.1, -0.05) is 35.3 Å². The molecule has 2 aromatic carbocycles. The Morgan fingerprint density at radius 2 is 1.85 bits per heavy atom. The van der Waals surface area contributed by atoms with Gasteiger partial charge >= 0.3 is 0 Å². The zero-order valence-corrected chi connectivity index (χ0v) is 12.4. The van der Waals surface area contributed by atoms with E-state index in [-0.39, 0.29) is 26.9 Å². The summed E-state index contributed by atoms with van der Waals surface area (Å²) in [7, 11) is -1.56.